The zero-order valence-electron chi connectivity index (χ0n) is 13.2. The van der Waals surface area contributed by atoms with E-state index in [2.05, 4.69) is 4.74 Å². The van der Waals surface area contributed by atoms with Crippen molar-refractivity contribution in [2.75, 3.05) is 32.3 Å². The van der Waals surface area contributed by atoms with Crippen LogP contribution in [-0.4, -0.2) is 49.6 Å². The molecule has 0 saturated heterocycles. The zero-order chi connectivity index (χ0) is 16.4. The maximum absolute atomic E-state index is 12.9. The fourth-order valence-electron chi connectivity index (χ4n) is 2.67. The molecule has 22 heavy (non-hydrogen) atoms. The molecule has 1 rings (SSSR count). The molecule has 3 N–H and O–H groups in total. The summed E-state index contributed by atoms with van der Waals surface area (Å²) < 4.78 is 27.6. The summed E-state index contributed by atoms with van der Waals surface area (Å²) in [4.78, 5) is 11.1. The van der Waals surface area contributed by atoms with Crippen LogP contribution >= 0.6 is 7.37 Å². The summed E-state index contributed by atoms with van der Waals surface area (Å²) in [5, 5.41) is 9.71. The Kier molecular flexibility index (Phi) is 9.02. The standard InChI is InChI=1S/C14H28NO6P/c1-2-19-14(17)20-11-21-22(18,10-13(16)8-15)9-12-6-4-3-5-7-12/h12-13,16H,2-11,15H2,1H3/t13-,22?/m1/s1. The number of hydrogen-bond acceptors (Lipinski definition) is 7. The average Bonchev–Trinajstić information content (AvgIpc) is 2.48. The normalized spacial score (nSPS) is 20.1. The summed E-state index contributed by atoms with van der Waals surface area (Å²) in [6.45, 7) is 1.45. The van der Waals surface area contributed by atoms with E-state index in [0.717, 1.165) is 25.7 Å². The molecule has 0 radical (unpaired) electrons. The molecule has 0 aliphatic heterocycles. The number of rotatable bonds is 9. The molecule has 0 aromatic carbocycles. The van der Waals surface area contributed by atoms with Crippen LogP contribution in [0.2, 0.25) is 0 Å². The fourth-order valence-corrected chi connectivity index (χ4v) is 5.22. The van der Waals surface area contributed by atoms with E-state index < -0.39 is 26.4 Å². The quantitative estimate of drug-likeness (QED) is 0.377. The molecule has 7 nitrogen and oxygen atoms in total. The van der Waals surface area contributed by atoms with Gasteiger partial charge in [0, 0.05) is 12.7 Å². The molecule has 8 heteroatoms. The lowest BCUT2D eigenvalue weighted by Gasteiger charge is -2.27. The number of carbonyl (C=O) groups is 1. The Hall–Kier alpha value is -0.620. The van der Waals surface area contributed by atoms with Gasteiger partial charge in [0.15, 0.2) is 0 Å². The van der Waals surface area contributed by atoms with Crippen LogP contribution in [-0.2, 0) is 18.6 Å². The van der Waals surface area contributed by atoms with E-state index in [4.69, 9.17) is 15.0 Å². The Morgan fingerprint density at radius 3 is 2.59 bits per heavy atom. The zero-order valence-corrected chi connectivity index (χ0v) is 14.1. The molecule has 0 bridgehead atoms. The van der Waals surface area contributed by atoms with E-state index in [-0.39, 0.29) is 19.3 Å². The number of carbonyl (C=O) groups excluding carboxylic acids is 1. The van der Waals surface area contributed by atoms with Crippen LogP contribution in [0.1, 0.15) is 39.0 Å². The van der Waals surface area contributed by atoms with E-state index >= 15 is 0 Å². The Labute approximate surface area is 131 Å². The molecule has 1 aliphatic carbocycles. The number of aliphatic hydroxyl groups is 1. The van der Waals surface area contributed by atoms with Gasteiger partial charge in [-0.25, -0.2) is 4.79 Å². The van der Waals surface area contributed by atoms with Crippen molar-refractivity contribution >= 4 is 13.5 Å². The van der Waals surface area contributed by atoms with Crippen molar-refractivity contribution in [2.45, 2.75) is 45.1 Å². The maximum atomic E-state index is 12.9. The Bertz CT molecular complexity index is 372. The summed E-state index contributed by atoms with van der Waals surface area (Å²) in [5.74, 6) is 0.326. The molecule has 1 saturated carbocycles. The molecule has 2 atom stereocenters. The van der Waals surface area contributed by atoms with E-state index in [1.165, 1.54) is 6.42 Å². The van der Waals surface area contributed by atoms with Crippen molar-refractivity contribution in [3.8, 4) is 0 Å². The van der Waals surface area contributed by atoms with Gasteiger partial charge < -0.3 is 20.3 Å². The third-order valence-corrected chi connectivity index (χ3v) is 6.38. The van der Waals surface area contributed by atoms with Gasteiger partial charge in [0.1, 0.15) is 0 Å². The predicted molar refractivity (Wildman–Crippen MR) is 83.0 cm³/mol. The minimum atomic E-state index is -3.10. The lowest BCUT2D eigenvalue weighted by atomic mass is 9.91. The molecule has 1 fully saturated rings. The first kappa shape index (κ1) is 19.4. The van der Waals surface area contributed by atoms with Gasteiger partial charge in [0.25, 0.3) is 0 Å². The van der Waals surface area contributed by atoms with E-state index in [9.17, 15) is 14.5 Å². The summed E-state index contributed by atoms with van der Waals surface area (Å²) >= 11 is 0. The van der Waals surface area contributed by atoms with Crippen LogP contribution in [0.15, 0.2) is 0 Å². The van der Waals surface area contributed by atoms with E-state index in [1.807, 2.05) is 0 Å². The highest BCUT2D eigenvalue weighted by Gasteiger charge is 2.31. The van der Waals surface area contributed by atoms with Crippen LogP contribution in [0.4, 0.5) is 4.79 Å². The predicted octanol–water partition coefficient (Wildman–Crippen LogP) is 2.31. The summed E-state index contributed by atoms with van der Waals surface area (Å²) in [6.07, 6.45) is 4.16. The molecule has 0 aromatic rings. The second kappa shape index (κ2) is 10.2. The first-order valence-corrected chi connectivity index (χ1v) is 9.89. The van der Waals surface area contributed by atoms with Crippen LogP contribution in [0.25, 0.3) is 0 Å². The molecule has 0 aromatic heterocycles. The first-order chi connectivity index (χ1) is 10.5. The van der Waals surface area contributed by atoms with Gasteiger partial charge in [-0.05, 0) is 25.7 Å². The molecule has 0 amide bonds. The molecular weight excluding hydrogens is 309 g/mol. The van der Waals surface area contributed by atoms with Gasteiger partial charge in [-0.1, -0.05) is 19.3 Å². The minimum absolute atomic E-state index is 0.00775. The third kappa shape index (κ3) is 7.58. The highest BCUT2D eigenvalue weighted by atomic mass is 31.2. The van der Waals surface area contributed by atoms with Crippen LogP contribution in [0, 0.1) is 5.92 Å². The van der Waals surface area contributed by atoms with Crippen molar-refractivity contribution in [1.82, 2.24) is 0 Å². The largest absolute Gasteiger partial charge is 0.510 e. The van der Waals surface area contributed by atoms with Crippen molar-refractivity contribution < 1.29 is 28.5 Å². The topological polar surface area (TPSA) is 108 Å². The fraction of sp³-hybridized carbons (Fsp3) is 0.929. The molecule has 0 heterocycles. The van der Waals surface area contributed by atoms with Crippen LogP contribution < -0.4 is 5.73 Å². The highest BCUT2D eigenvalue weighted by molar-refractivity contribution is 7.59. The van der Waals surface area contributed by atoms with Crippen molar-refractivity contribution in [3.05, 3.63) is 0 Å². The Morgan fingerprint density at radius 1 is 1.32 bits per heavy atom. The SMILES string of the molecule is CCOC(=O)OCOP(=O)(CC1CCCCC1)C[C@H](O)CN. The molecule has 1 unspecified atom stereocenters. The molecule has 130 valence electrons. The van der Waals surface area contributed by atoms with Crippen molar-refractivity contribution in [2.24, 2.45) is 11.7 Å². The first-order valence-electron chi connectivity index (χ1n) is 7.89. The Morgan fingerprint density at radius 2 is 2.00 bits per heavy atom. The smallest absolute Gasteiger partial charge is 0.435 e. The number of nitrogens with two attached hydrogens (primary N) is 1. The van der Waals surface area contributed by atoms with Gasteiger partial charge >= 0.3 is 6.16 Å². The molecular formula is C14H28NO6P. The van der Waals surface area contributed by atoms with Gasteiger partial charge in [-0.3, -0.25) is 9.09 Å². The van der Waals surface area contributed by atoms with Gasteiger partial charge in [-0.2, -0.15) is 0 Å². The Balaban J connectivity index is 2.53. The second-order valence-corrected chi connectivity index (χ2v) is 8.27. The monoisotopic (exact) mass is 337 g/mol. The molecule has 1 aliphatic rings. The lowest BCUT2D eigenvalue weighted by Crippen LogP contribution is -2.26. The third-order valence-electron chi connectivity index (χ3n) is 3.75. The number of ether oxygens (including phenoxy) is 2. The van der Waals surface area contributed by atoms with E-state index in [0.29, 0.717) is 12.1 Å². The lowest BCUT2D eigenvalue weighted by molar-refractivity contribution is 0.00728. The van der Waals surface area contributed by atoms with Gasteiger partial charge in [-0.15, -0.1) is 0 Å². The summed E-state index contributed by atoms with van der Waals surface area (Å²) in [5.41, 5.74) is 5.40. The van der Waals surface area contributed by atoms with Crippen LogP contribution in [0.3, 0.4) is 0 Å². The van der Waals surface area contributed by atoms with Crippen LogP contribution in [0.5, 0.6) is 0 Å². The number of hydrogen-bond donors (Lipinski definition) is 2. The summed E-state index contributed by atoms with van der Waals surface area (Å²) in [7, 11) is -3.10. The van der Waals surface area contributed by atoms with Crippen molar-refractivity contribution in [3.63, 3.8) is 0 Å². The van der Waals surface area contributed by atoms with Gasteiger partial charge in [0.2, 0.25) is 14.2 Å². The molecule has 0 spiro atoms. The second-order valence-electron chi connectivity index (χ2n) is 5.65. The van der Waals surface area contributed by atoms with Gasteiger partial charge in [0.05, 0.1) is 18.9 Å². The average molecular weight is 337 g/mol. The summed E-state index contributed by atoms with van der Waals surface area (Å²) in [6, 6.07) is 0. The maximum Gasteiger partial charge on any atom is 0.510 e. The van der Waals surface area contributed by atoms with Crippen molar-refractivity contribution in [1.29, 1.82) is 0 Å². The minimum Gasteiger partial charge on any atom is -0.435 e. The van der Waals surface area contributed by atoms with E-state index in [1.54, 1.807) is 6.92 Å². The number of aliphatic hydroxyl groups excluding tert-OH is 1. The highest BCUT2D eigenvalue weighted by Crippen LogP contribution is 2.51.